The summed E-state index contributed by atoms with van der Waals surface area (Å²) in [5.74, 6) is -0.207. The first-order valence-electron chi connectivity index (χ1n) is 6.57. The SMILES string of the molecule is Cc1cc2ncc(CNCc3cc(Br)ccc3F)cn2n1. The Morgan fingerprint density at radius 1 is 1.29 bits per heavy atom. The van der Waals surface area contributed by atoms with Crippen LogP contribution in [0, 0.1) is 12.7 Å². The third kappa shape index (κ3) is 3.28. The molecule has 0 saturated carbocycles. The van der Waals surface area contributed by atoms with Crippen molar-refractivity contribution in [2.45, 2.75) is 20.0 Å². The summed E-state index contributed by atoms with van der Waals surface area (Å²) in [6.45, 7) is 3.00. The lowest BCUT2D eigenvalue weighted by molar-refractivity contribution is 0.586. The Bertz CT molecular complexity index is 784. The highest BCUT2D eigenvalue weighted by Gasteiger charge is 2.04. The van der Waals surface area contributed by atoms with E-state index in [4.69, 9.17) is 0 Å². The number of hydrogen-bond acceptors (Lipinski definition) is 3. The molecule has 2 heterocycles. The lowest BCUT2D eigenvalue weighted by Gasteiger charge is -2.07. The molecule has 21 heavy (non-hydrogen) atoms. The van der Waals surface area contributed by atoms with E-state index < -0.39 is 0 Å². The van der Waals surface area contributed by atoms with Gasteiger partial charge in [-0.15, -0.1) is 0 Å². The molecule has 3 aromatic rings. The largest absolute Gasteiger partial charge is 0.308 e. The molecule has 0 aliphatic heterocycles. The van der Waals surface area contributed by atoms with E-state index in [0.717, 1.165) is 21.4 Å². The van der Waals surface area contributed by atoms with Gasteiger partial charge in [-0.25, -0.2) is 13.9 Å². The van der Waals surface area contributed by atoms with Gasteiger partial charge in [0.05, 0.1) is 5.69 Å². The van der Waals surface area contributed by atoms with Crippen molar-refractivity contribution in [2.24, 2.45) is 0 Å². The van der Waals surface area contributed by atoms with Crippen LogP contribution in [0.4, 0.5) is 4.39 Å². The number of benzene rings is 1. The van der Waals surface area contributed by atoms with E-state index in [1.165, 1.54) is 6.07 Å². The second kappa shape index (κ2) is 5.91. The van der Waals surface area contributed by atoms with Crippen LogP contribution in [0.1, 0.15) is 16.8 Å². The molecule has 6 heteroatoms. The first-order valence-corrected chi connectivity index (χ1v) is 7.37. The number of aromatic nitrogens is 3. The molecule has 0 bridgehead atoms. The smallest absolute Gasteiger partial charge is 0.155 e. The van der Waals surface area contributed by atoms with Gasteiger partial charge >= 0.3 is 0 Å². The average Bonchev–Trinajstić information content (AvgIpc) is 2.82. The van der Waals surface area contributed by atoms with Crippen molar-refractivity contribution in [3.63, 3.8) is 0 Å². The molecule has 1 aromatic carbocycles. The van der Waals surface area contributed by atoms with Crippen LogP contribution in [0.3, 0.4) is 0 Å². The Labute approximate surface area is 130 Å². The molecule has 3 rings (SSSR count). The van der Waals surface area contributed by atoms with Crippen molar-refractivity contribution in [1.82, 2.24) is 19.9 Å². The number of fused-ring (bicyclic) bond motifs is 1. The number of nitrogens with one attached hydrogen (secondary N) is 1. The molecule has 0 unspecified atom stereocenters. The van der Waals surface area contributed by atoms with Gasteiger partial charge in [-0.2, -0.15) is 5.10 Å². The van der Waals surface area contributed by atoms with Gasteiger partial charge in [-0.3, -0.25) is 0 Å². The van der Waals surface area contributed by atoms with Gasteiger partial charge in [0, 0.05) is 47.1 Å². The third-order valence-electron chi connectivity index (χ3n) is 3.14. The third-order valence-corrected chi connectivity index (χ3v) is 3.63. The van der Waals surface area contributed by atoms with Crippen LogP contribution in [0.2, 0.25) is 0 Å². The number of halogens is 2. The Kier molecular flexibility index (Phi) is 3.98. The van der Waals surface area contributed by atoms with E-state index in [-0.39, 0.29) is 5.82 Å². The zero-order valence-corrected chi connectivity index (χ0v) is 13.1. The summed E-state index contributed by atoms with van der Waals surface area (Å²) in [6, 6.07) is 6.85. The van der Waals surface area contributed by atoms with E-state index in [1.807, 2.05) is 19.2 Å². The Hall–Kier alpha value is -1.79. The number of aryl methyl sites for hydroxylation is 1. The quantitative estimate of drug-likeness (QED) is 0.786. The Morgan fingerprint density at radius 3 is 3.00 bits per heavy atom. The molecule has 0 spiro atoms. The van der Waals surface area contributed by atoms with Crippen molar-refractivity contribution < 1.29 is 4.39 Å². The number of rotatable bonds is 4. The molecule has 0 saturated heterocycles. The van der Waals surface area contributed by atoms with Crippen LogP contribution in [0.15, 0.2) is 41.1 Å². The molecule has 0 aliphatic rings. The molecule has 4 nitrogen and oxygen atoms in total. The molecule has 1 N–H and O–H groups in total. The van der Waals surface area contributed by atoms with Crippen LogP contribution in [0.5, 0.6) is 0 Å². The summed E-state index contributed by atoms with van der Waals surface area (Å²) in [4.78, 5) is 4.34. The molecule has 0 fully saturated rings. The van der Waals surface area contributed by atoms with Crippen LogP contribution < -0.4 is 5.32 Å². The predicted molar refractivity (Wildman–Crippen MR) is 82.4 cm³/mol. The van der Waals surface area contributed by atoms with E-state index in [9.17, 15) is 4.39 Å². The molecule has 2 aromatic heterocycles. The van der Waals surface area contributed by atoms with Gasteiger partial charge in [0.25, 0.3) is 0 Å². The minimum Gasteiger partial charge on any atom is -0.308 e. The van der Waals surface area contributed by atoms with Crippen LogP contribution in [0.25, 0.3) is 5.65 Å². The highest BCUT2D eigenvalue weighted by atomic mass is 79.9. The maximum Gasteiger partial charge on any atom is 0.155 e. The van der Waals surface area contributed by atoms with Gasteiger partial charge in [0.2, 0.25) is 0 Å². The fourth-order valence-electron chi connectivity index (χ4n) is 2.15. The second-order valence-electron chi connectivity index (χ2n) is 4.89. The topological polar surface area (TPSA) is 42.2 Å². The van der Waals surface area contributed by atoms with Gasteiger partial charge in [0.1, 0.15) is 5.82 Å². The monoisotopic (exact) mass is 348 g/mol. The Morgan fingerprint density at radius 2 is 2.14 bits per heavy atom. The van der Waals surface area contributed by atoms with E-state index in [0.29, 0.717) is 18.7 Å². The van der Waals surface area contributed by atoms with E-state index >= 15 is 0 Å². The van der Waals surface area contributed by atoms with Crippen LogP contribution in [-0.2, 0) is 13.1 Å². The first-order chi connectivity index (χ1) is 10.1. The highest BCUT2D eigenvalue weighted by Crippen LogP contribution is 2.15. The van der Waals surface area contributed by atoms with E-state index in [1.54, 1.807) is 22.8 Å². The second-order valence-corrected chi connectivity index (χ2v) is 5.81. The fraction of sp³-hybridized carbons (Fsp3) is 0.200. The molecule has 0 aliphatic carbocycles. The summed E-state index contributed by atoms with van der Waals surface area (Å²) < 4.78 is 16.2. The average molecular weight is 349 g/mol. The van der Waals surface area contributed by atoms with Crippen molar-refractivity contribution in [2.75, 3.05) is 0 Å². The number of hydrogen-bond donors (Lipinski definition) is 1. The summed E-state index contributed by atoms with van der Waals surface area (Å²) >= 11 is 3.35. The minimum absolute atomic E-state index is 0.207. The maximum atomic E-state index is 13.6. The van der Waals surface area contributed by atoms with Crippen molar-refractivity contribution >= 4 is 21.6 Å². The molecular formula is C15H14BrFN4. The van der Waals surface area contributed by atoms with Crippen LogP contribution in [-0.4, -0.2) is 14.6 Å². The van der Waals surface area contributed by atoms with Gasteiger partial charge in [0.15, 0.2) is 5.65 Å². The van der Waals surface area contributed by atoms with Gasteiger partial charge in [-0.05, 0) is 25.1 Å². The highest BCUT2D eigenvalue weighted by molar-refractivity contribution is 9.10. The normalized spacial score (nSPS) is 11.2. The predicted octanol–water partition coefficient (Wildman–Crippen LogP) is 3.23. The molecular weight excluding hydrogens is 335 g/mol. The zero-order chi connectivity index (χ0) is 14.8. The summed E-state index contributed by atoms with van der Waals surface area (Å²) in [5, 5.41) is 7.54. The summed E-state index contributed by atoms with van der Waals surface area (Å²) in [6.07, 6.45) is 3.74. The van der Waals surface area contributed by atoms with Gasteiger partial charge < -0.3 is 5.32 Å². The molecule has 0 radical (unpaired) electrons. The standard InChI is InChI=1S/C15H14BrFN4/c1-10-4-15-19-7-11(9-21(15)20-10)6-18-8-12-5-13(16)2-3-14(12)17/h2-5,7,9,18H,6,8H2,1H3. The van der Waals surface area contributed by atoms with Crippen LogP contribution >= 0.6 is 15.9 Å². The lowest BCUT2D eigenvalue weighted by atomic mass is 10.2. The van der Waals surface area contributed by atoms with Crippen molar-refractivity contribution in [3.8, 4) is 0 Å². The molecule has 0 amide bonds. The maximum absolute atomic E-state index is 13.6. The summed E-state index contributed by atoms with van der Waals surface area (Å²) in [7, 11) is 0. The Balaban J connectivity index is 1.67. The fourth-order valence-corrected chi connectivity index (χ4v) is 2.55. The number of nitrogens with zero attached hydrogens (tertiary/aromatic N) is 3. The molecule has 0 atom stereocenters. The minimum atomic E-state index is -0.207. The van der Waals surface area contributed by atoms with E-state index in [2.05, 4.69) is 31.3 Å². The van der Waals surface area contributed by atoms with Gasteiger partial charge in [-0.1, -0.05) is 15.9 Å². The first kappa shape index (κ1) is 14.2. The molecule has 108 valence electrons. The van der Waals surface area contributed by atoms with Crippen molar-refractivity contribution in [1.29, 1.82) is 0 Å². The lowest BCUT2D eigenvalue weighted by Crippen LogP contribution is -2.14. The zero-order valence-electron chi connectivity index (χ0n) is 11.5. The summed E-state index contributed by atoms with van der Waals surface area (Å²) in [5.41, 5.74) is 3.40. The van der Waals surface area contributed by atoms with Crippen molar-refractivity contribution in [3.05, 3.63) is 63.8 Å².